The van der Waals surface area contributed by atoms with Gasteiger partial charge in [0.1, 0.15) is 23.6 Å². The van der Waals surface area contributed by atoms with Gasteiger partial charge in [-0.3, -0.25) is 9.59 Å². The number of rotatable bonds is 7. The van der Waals surface area contributed by atoms with Gasteiger partial charge in [0, 0.05) is 17.6 Å². The van der Waals surface area contributed by atoms with E-state index in [1.807, 2.05) is 0 Å². The maximum atomic E-state index is 12.8. The molecule has 1 saturated heterocycles. The lowest BCUT2D eigenvalue weighted by Crippen LogP contribution is -2.48. The summed E-state index contributed by atoms with van der Waals surface area (Å²) in [5.74, 6) is 0.482. The minimum Gasteiger partial charge on any atom is -0.497 e. The Morgan fingerprint density at radius 1 is 1.27 bits per heavy atom. The Bertz CT molecular complexity index is 959. The fourth-order valence-corrected chi connectivity index (χ4v) is 3.57. The number of carbonyl (C=O) groups excluding carboxylic acids is 2. The van der Waals surface area contributed by atoms with E-state index in [9.17, 15) is 14.9 Å². The second-order valence-electron chi connectivity index (χ2n) is 6.84. The predicted octanol–water partition coefficient (Wildman–Crippen LogP) is 3.10. The minimum absolute atomic E-state index is 0.188. The van der Waals surface area contributed by atoms with Crippen molar-refractivity contribution in [3.05, 3.63) is 59.1 Å². The summed E-state index contributed by atoms with van der Waals surface area (Å²) in [7, 11) is 1.55. The highest BCUT2D eigenvalue weighted by Crippen LogP contribution is 2.22. The fourth-order valence-electron chi connectivity index (χ4n) is 3.37. The van der Waals surface area contributed by atoms with Crippen LogP contribution in [0.3, 0.4) is 0 Å². The van der Waals surface area contributed by atoms with Crippen molar-refractivity contribution in [3.8, 4) is 17.6 Å². The molecule has 0 saturated carbocycles. The van der Waals surface area contributed by atoms with Crippen molar-refractivity contribution in [2.24, 2.45) is 0 Å². The van der Waals surface area contributed by atoms with Crippen LogP contribution in [0.15, 0.2) is 48.5 Å². The molecule has 1 unspecified atom stereocenters. The quantitative estimate of drug-likeness (QED) is 0.733. The van der Waals surface area contributed by atoms with Crippen molar-refractivity contribution in [2.45, 2.75) is 24.9 Å². The zero-order valence-corrected chi connectivity index (χ0v) is 17.3. The van der Waals surface area contributed by atoms with Crippen LogP contribution in [0.5, 0.6) is 11.5 Å². The van der Waals surface area contributed by atoms with Crippen molar-refractivity contribution in [1.29, 1.82) is 5.26 Å². The van der Waals surface area contributed by atoms with Crippen LogP contribution < -0.4 is 14.8 Å². The van der Waals surface area contributed by atoms with Crippen molar-refractivity contribution in [2.75, 3.05) is 20.3 Å². The first-order chi connectivity index (χ1) is 14.5. The number of nitrogens with one attached hydrogen (secondary N) is 1. The van der Waals surface area contributed by atoms with E-state index in [1.54, 1.807) is 55.6 Å². The van der Waals surface area contributed by atoms with Crippen LogP contribution in [-0.2, 0) is 9.59 Å². The van der Waals surface area contributed by atoms with Gasteiger partial charge in [-0.05, 0) is 42.7 Å². The highest BCUT2D eigenvalue weighted by Gasteiger charge is 2.35. The van der Waals surface area contributed by atoms with Gasteiger partial charge in [0.15, 0.2) is 6.61 Å². The third-order valence-electron chi connectivity index (χ3n) is 4.88. The van der Waals surface area contributed by atoms with Crippen LogP contribution in [0.25, 0.3) is 0 Å². The molecular weight excluding hydrogens is 406 g/mol. The lowest BCUT2D eigenvalue weighted by Gasteiger charge is -2.25. The topological polar surface area (TPSA) is 91.7 Å². The van der Waals surface area contributed by atoms with Gasteiger partial charge in [-0.2, -0.15) is 5.26 Å². The SMILES string of the molecule is COc1cccc(OCC(=O)N2CCC[C@H]2C(=O)NC(C#N)c2cccc(Cl)c2)c1. The zero-order chi connectivity index (χ0) is 21.5. The molecule has 8 heteroatoms. The molecule has 3 rings (SSSR count). The number of ether oxygens (including phenoxy) is 2. The maximum absolute atomic E-state index is 12.8. The van der Waals surface area contributed by atoms with Crippen LogP contribution in [0.4, 0.5) is 0 Å². The summed E-state index contributed by atoms with van der Waals surface area (Å²) in [6.45, 7) is 0.277. The van der Waals surface area contributed by atoms with Gasteiger partial charge in [0.05, 0.1) is 13.2 Å². The normalized spacial score (nSPS) is 16.4. The monoisotopic (exact) mass is 427 g/mol. The molecule has 0 aromatic heterocycles. The molecule has 0 spiro atoms. The summed E-state index contributed by atoms with van der Waals surface area (Å²) >= 11 is 5.98. The zero-order valence-electron chi connectivity index (χ0n) is 16.5. The number of benzene rings is 2. The number of hydrogen-bond donors (Lipinski definition) is 1. The Hall–Kier alpha value is -3.24. The lowest BCUT2D eigenvalue weighted by atomic mass is 10.1. The van der Waals surface area contributed by atoms with E-state index < -0.39 is 12.1 Å². The van der Waals surface area contributed by atoms with Crippen molar-refractivity contribution in [1.82, 2.24) is 10.2 Å². The average Bonchev–Trinajstić information content (AvgIpc) is 3.26. The number of nitriles is 1. The number of halogens is 1. The molecule has 7 nitrogen and oxygen atoms in total. The van der Waals surface area contributed by atoms with Crippen molar-refractivity contribution >= 4 is 23.4 Å². The van der Waals surface area contributed by atoms with E-state index in [2.05, 4.69) is 11.4 Å². The largest absolute Gasteiger partial charge is 0.497 e. The van der Waals surface area contributed by atoms with Crippen molar-refractivity contribution in [3.63, 3.8) is 0 Å². The molecule has 1 fully saturated rings. The molecule has 0 radical (unpaired) electrons. The molecule has 30 heavy (non-hydrogen) atoms. The number of methoxy groups -OCH3 is 1. The first-order valence-corrected chi connectivity index (χ1v) is 9.91. The first-order valence-electron chi connectivity index (χ1n) is 9.53. The minimum atomic E-state index is -0.846. The summed E-state index contributed by atoms with van der Waals surface area (Å²) in [5.41, 5.74) is 0.593. The van der Waals surface area contributed by atoms with Crippen LogP contribution >= 0.6 is 11.6 Å². The smallest absolute Gasteiger partial charge is 0.261 e. The maximum Gasteiger partial charge on any atom is 0.261 e. The molecule has 2 aromatic carbocycles. The van der Waals surface area contributed by atoms with Gasteiger partial charge >= 0.3 is 0 Å². The molecule has 1 aliphatic heterocycles. The highest BCUT2D eigenvalue weighted by atomic mass is 35.5. The Kier molecular flexibility index (Phi) is 7.15. The number of amides is 2. The van der Waals surface area contributed by atoms with Crippen LogP contribution in [0.2, 0.25) is 5.02 Å². The Morgan fingerprint density at radius 3 is 2.77 bits per heavy atom. The Labute approximate surface area is 180 Å². The third kappa shape index (κ3) is 5.22. The van der Waals surface area contributed by atoms with E-state index in [1.165, 1.54) is 4.90 Å². The molecule has 2 atom stereocenters. The fraction of sp³-hybridized carbons (Fsp3) is 0.318. The Morgan fingerprint density at radius 2 is 2.03 bits per heavy atom. The lowest BCUT2D eigenvalue weighted by molar-refractivity contribution is -0.140. The highest BCUT2D eigenvalue weighted by molar-refractivity contribution is 6.30. The van der Waals surface area contributed by atoms with Gasteiger partial charge < -0.3 is 19.7 Å². The summed E-state index contributed by atoms with van der Waals surface area (Å²) in [4.78, 5) is 27.0. The number of hydrogen-bond acceptors (Lipinski definition) is 5. The van der Waals surface area contributed by atoms with Crippen LogP contribution in [-0.4, -0.2) is 43.0 Å². The summed E-state index contributed by atoms with van der Waals surface area (Å²) in [6, 6.07) is 14.3. The van der Waals surface area contributed by atoms with E-state index in [0.29, 0.717) is 41.5 Å². The van der Waals surface area contributed by atoms with E-state index in [-0.39, 0.29) is 18.4 Å². The van der Waals surface area contributed by atoms with Gasteiger partial charge in [0.25, 0.3) is 5.91 Å². The van der Waals surface area contributed by atoms with Gasteiger partial charge in [-0.25, -0.2) is 0 Å². The molecule has 1 heterocycles. The van der Waals surface area contributed by atoms with Gasteiger partial charge in [-0.1, -0.05) is 29.8 Å². The molecule has 2 amide bonds. The second kappa shape index (κ2) is 9.99. The van der Waals surface area contributed by atoms with Gasteiger partial charge in [0.2, 0.25) is 5.91 Å². The predicted molar refractivity (Wildman–Crippen MR) is 111 cm³/mol. The third-order valence-corrected chi connectivity index (χ3v) is 5.11. The van der Waals surface area contributed by atoms with E-state index in [0.717, 1.165) is 0 Å². The number of nitrogens with zero attached hydrogens (tertiary/aromatic N) is 2. The average molecular weight is 428 g/mol. The van der Waals surface area contributed by atoms with Crippen LogP contribution in [0.1, 0.15) is 24.4 Å². The summed E-state index contributed by atoms with van der Waals surface area (Å²) < 4.78 is 10.7. The molecular formula is C22H22ClN3O4. The Balaban J connectivity index is 1.61. The first kappa shape index (κ1) is 21.5. The molecule has 0 bridgehead atoms. The summed E-state index contributed by atoms with van der Waals surface area (Å²) in [6.07, 6.45) is 1.24. The van der Waals surface area contributed by atoms with Crippen LogP contribution in [0, 0.1) is 11.3 Å². The molecule has 2 aromatic rings. The van der Waals surface area contributed by atoms with Gasteiger partial charge in [-0.15, -0.1) is 0 Å². The molecule has 1 N–H and O–H groups in total. The molecule has 0 aliphatic carbocycles. The number of likely N-dealkylation sites (tertiary alicyclic amines) is 1. The van der Waals surface area contributed by atoms with E-state index in [4.69, 9.17) is 21.1 Å². The number of carbonyl (C=O) groups is 2. The van der Waals surface area contributed by atoms with E-state index >= 15 is 0 Å². The molecule has 156 valence electrons. The van der Waals surface area contributed by atoms with Crippen molar-refractivity contribution < 1.29 is 19.1 Å². The molecule has 1 aliphatic rings. The standard InChI is InChI=1S/C22H22ClN3O4/c1-29-17-7-3-8-18(12-17)30-14-21(27)26-10-4-9-20(26)22(28)25-19(13-24)15-5-2-6-16(23)11-15/h2-3,5-8,11-12,19-20H,4,9-10,14H2,1H3,(H,25,28)/t19?,20-/m0/s1. The summed E-state index contributed by atoms with van der Waals surface area (Å²) in [5, 5.41) is 12.7. The second-order valence-corrected chi connectivity index (χ2v) is 7.27.